The number of aldehydes is 1. The fraction of sp³-hybridized carbons (Fsp3) is 0.833. The molecule has 0 heterocycles. The SMILES string of the molecule is CC(C)C(=O)CCC1C(O)CC(O)C1C=O. The van der Waals surface area contributed by atoms with Gasteiger partial charge >= 0.3 is 0 Å². The average Bonchev–Trinajstić information content (AvgIpc) is 2.48. The van der Waals surface area contributed by atoms with E-state index in [4.69, 9.17) is 0 Å². The van der Waals surface area contributed by atoms with Gasteiger partial charge in [0, 0.05) is 24.7 Å². The van der Waals surface area contributed by atoms with Crippen LogP contribution in [0, 0.1) is 17.8 Å². The Kier molecular flexibility index (Phi) is 4.62. The molecule has 1 aliphatic carbocycles. The summed E-state index contributed by atoms with van der Waals surface area (Å²) in [6.45, 7) is 3.67. The minimum absolute atomic E-state index is 0.0156. The first-order chi connectivity index (χ1) is 7.47. The van der Waals surface area contributed by atoms with Crippen LogP contribution in [0.5, 0.6) is 0 Å². The van der Waals surface area contributed by atoms with Crippen LogP contribution in [0.4, 0.5) is 0 Å². The highest BCUT2D eigenvalue weighted by molar-refractivity contribution is 5.80. The van der Waals surface area contributed by atoms with Crippen molar-refractivity contribution in [2.75, 3.05) is 0 Å². The van der Waals surface area contributed by atoms with Crippen LogP contribution in [0.25, 0.3) is 0 Å². The van der Waals surface area contributed by atoms with Crippen LogP contribution < -0.4 is 0 Å². The fourth-order valence-corrected chi connectivity index (χ4v) is 2.30. The Hall–Kier alpha value is -0.740. The van der Waals surface area contributed by atoms with Crippen molar-refractivity contribution in [1.29, 1.82) is 0 Å². The van der Waals surface area contributed by atoms with E-state index in [0.29, 0.717) is 19.1 Å². The molecular formula is C12H20O4. The maximum atomic E-state index is 11.5. The lowest BCUT2D eigenvalue weighted by atomic mass is 9.88. The van der Waals surface area contributed by atoms with Crippen molar-refractivity contribution in [1.82, 2.24) is 0 Å². The van der Waals surface area contributed by atoms with Crippen molar-refractivity contribution < 1.29 is 19.8 Å². The lowest BCUT2D eigenvalue weighted by Crippen LogP contribution is -2.24. The number of Topliss-reactive ketones (excluding diaryl/α,β-unsaturated/α-hetero) is 1. The quantitative estimate of drug-likeness (QED) is 0.674. The summed E-state index contributed by atoms with van der Waals surface area (Å²) < 4.78 is 0. The highest BCUT2D eigenvalue weighted by Gasteiger charge is 2.41. The van der Waals surface area contributed by atoms with Crippen LogP contribution in [0.3, 0.4) is 0 Å². The highest BCUT2D eigenvalue weighted by Crippen LogP contribution is 2.34. The summed E-state index contributed by atoms with van der Waals surface area (Å²) >= 11 is 0. The van der Waals surface area contributed by atoms with Gasteiger partial charge in [0.2, 0.25) is 0 Å². The molecule has 0 radical (unpaired) electrons. The van der Waals surface area contributed by atoms with Crippen LogP contribution in [-0.2, 0) is 9.59 Å². The number of aliphatic hydroxyl groups is 2. The van der Waals surface area contributed by atoms with Gasteiger partial charge in [0.1, 0.15) is 12.1 Å². The molecule has 4 nitrogen and oxygen atoms in total. The lowest BCUT2D eigenvalue weighted by molar-refractivity contribution is -0.123. The zero-order chi connectivity index (χ0) is 12.3. The van der Waals surface area contributed by atoms with Crippen LogP contribution in [0.2, 0.25) is 0 Å². The summed E-state index contributed by atoms with van der Waals surface area (Å²) in [6, 6.07) is 0. The van der Waals surface area contributed by atoms with Crippen LogP contribution in [0.15, 0.2) is 0 Å². The summed E-state index contributed by atoms with van der Waals surface area (Å²) in [6.07, 6.45) is 0.376. The molecule has 0 saturated heterocycles. The topological polar surface area (TPSA) is 74.6 Å². The molecule has 4 heteroatoms. The van der Waals surface area contributed by atoms with Gasteiger partial charge in [0.15, 0.2) is 0 Å². The predicted molar refractivity (Wildman–Crippen MR) is 58.8 cm³/mol. The minimum atomic E-state index is -0.758. The Morgan fingerprint density at radius 3 is 2.50 bits per heavy atom. The summed E-state index contributed by atoms with van der Waals surface area (Å²) in [5.74, 6) is -0.665. The van der Waals surface area contributed by atoms with Gasteiger partial charge in [0.25, 0.3) is 0 Å². The van der Waals surface area contributed by atoms with E-state index in [9.17, 15) is 19.8 Å². The number of aliphatic hydroxyl groups excluding tert-OH is 2. The molecule has 1 fully saturated rings. The molecule has 16 heavy (non-hydrogen) atoms. The van der Waals surface area contributed by atoms with Gasteiger partial charge in [-0.15, -0.1) is 0 Å². The number of hydrogen-bond donors (Lipinski definition) is 2. The molecule has 4 unspecified atom stereocenters. The molecule has 92 valence electrons. The van der Waals surface area contributed by atoms with Crippen molar-refractivity contribution in [2.45, 2.75) is 45.3 Å². The zero-order valence-electron chi connectivity index (χ0n) is 9.80. The smallest absolute Gasteiger partial charge is 0.135 e. The van der Waals surface area contributed by atoms with Crippen LogP contribution in [0.1, 0.15) is 33.1 Å². The maximum Gasteiger partial charge on any atom is 0.135 e. The van der Waals surface area contributed by atoms with E-state index < -0.39 is 18.1 Å². The summed E-state index contributed by atoms with van der Waals surface area (Å²) in [5.41, 5.74) is 0. The second-order valence-corrected chi connectivity index (χ2v) is 4.91. The number of carbonyl (C=O) groups is 2. The molecular weight excluding hydrogens is 208 g/mol. The third kappa shape index (κ3) is 2.89. The standard InChI is InChI=1S/C12H20O4/c1-7(2)10(14)4-3-8-9(6-13)12(16)5-11(8)15/h6-9,11-12,15-16H,3-5H2,1-2H3. The molecule has 1 saturated carbocycles. The molecule has 1 rings (SSSR count). The van der Waals surface area contributed by atoms with Gasteiger partial charge in [-0.1, -0.05) is 13.8 Å². The van der Waals surface area contributed by atoms with E-state index in [1.165, 1.54) is 0 Å². The maximum absolute atomic E-state index is 11.5. The number of carbonyl (C=O) groups excluding carboxylic acids is 2. The first-order valence-corrected chi connectivity index (χ1v) is 5.81. The van der Waals surface area contributed by atoms with Gasteiger partial charge in [-0.2, -0.15) is 0 Å². The molecule has 1 aliphatic rings. The van der Waals surface area contributed by atoms with Gasteiger partial charge in [-0.05, 0) is 12.3 Å². The van der Waals surface area contributed by atoms with E-state index in [2.05, 4.69) is 0 Å². The van der Waals surface area contributed by atoms with E-state index in [1.807, 2.05) is 13.8 Å². The minimum Gasteiger partial charge on any atom is -0.393 e. The van der Waals surface area contributed by atoms with Crippen molar-refractivity contribution >= 4 is 12.1 Å². The Morgan fingerprint density at radius 1 is 1.38 bits per heavy atom. The van der Waals surface area contributed by atoms with Gasteiger partial charge in [0.05, 0.1) is 12.2 Å². The molecule has 0 aromatic heterocycles. The van der Waals surface area contributed by atoms with Crippen LogP contribution >= 0.6 is 0 Å². The third-order valence-corrected chi connectivity index (χ3v) is 3.44. The summed E-state index contributed by atoms with van der Waals surface area (Å²) in [7, 11) is 0. The molecule has 0 aromatic rings. The molecule has 0 amide bonds. The molecule has 0 bridgehead atoms. The Morgan fingerprint density at radius 2 is 2.00 bits per heavy atom. The molecule has 2 N–H and O–H groups in total. The average molecular weight is 228 g/mol. The van der Waals surface area contributed by atoms with E-state index >= 15 is 0 Å². The first kappa shape index (κ1) is 13.3. The fourth-order valence-electron chi connectivity index (χ4n) is 2.30. The number of hydrogen-bond acceptors (Lipinski definition) is 4. The van der Waals surface area contributed by atoms with Crippen molar-refractivity contribution in [3.63, 3.8) is 0 Å². The van der Waals surface area contributed by atoms with E-state index in [1.54, 1.807) is 0 Å². The monoisotopic (exact) mass is 228 g/mol. The Labute approximate surface area is 95.7 Å². The molecule has 0 aromatic carbocycles. The number of ketones is 1. The van der Waals surface area contributed by atoms with E-state index in [0.717, 1.165) is 0 Å². The molecule has 0 aliphatic heterocycles. The second kappa shape index (κ2) is 5.55. The van der Waals surface area contributed by atoms with Gasteiger partial charge in [-0.25, -0.2) is 0 Å². The van der Waals surface area contributed by atoms with Crippen molar-refractivity contribution in [2.24, 2.45) is 17.8 Å². The summed E-state index contributed by atoms with van der Waals surface area (Å²) in [5, 5.41) is 19.2. The Balaban J connectivity index is 2.52. The highest BCUT2D eigenvalue weighted by atomic mass is 16.3. The van der Waals surface area contributed by atoms with Crippen molar-refractivity contribution in [3.8, 4) is 0 Å². The molecule has 4 atom stereocenters. The normalized spacial score (nSPS) is 34.3. The summed E-state index contributed by atoms with van der Waals surface area (Å²) in [4.78, 5) is 22.2. The van der Waals surface area contributed by atoms with Crippen molar-refractivity contribution in [3.05, 3.63) is 0 Å². The lowest BCUT2D eigenvalue weighted by Gasteiger charge is -2.18. The first-order valence-electron chi connectivity index (χ1n) is 5.81. The van der Waals surface area contributed by atoms with Crippen LogP contribution in [-0.4, -0.2) is 34.5 Å². The number of rotatable bonds is 5. The van der Waals surface area contributed by atoms with Gasteiger partial charge in [-0.3, -0.25) is 4.79 Å². The Bertz CT molecular complexity index is 262. The predicted octanol–water partition coefficient (Wildman–Crippen LogP) is 0.548. The third-order valence-electron chi connectivity index (χ3n) is 3.44. The largest absolute Gasteiger partial charge is 0.393 e. The second-order valence-electron chi connectivity index (χ2n) is 4.91. The molecule has 0 spiro atoms. The van der Waals surface area contributed by atoms with Gasteiger partial charge < -0.3 is 15.0 Å². The van der Waals surface area contributed by atoms with E-state index in [-0.39, 0.29) is 24.0 Å². The zero-order valence-corrected chi connectivity index (χ0v) is 9.80.